The quantitative estimate of drug-likeness (QED) is 0.675. The van der Waals surface area contributed by atoms with E-state index in [1.807, 2.05) is 0 Å². The Hall–Kier alpha value is -2.35. The summed E-state index contributed by atoms with van der Waals surface area (Å²) in [7, 11) is 0. The number of aryl methyl sites for hydroxylation is 2. The molecule has 8 heteroatoms. The van der Waals surface area contributed by atoms with Gasteiger partial charge >= 0.3 is 12.1 Å². The summed E-state index contributed by atoms with van der Waals surface area (Å²) in [5.41, 5.74) is 1.29. The Bertz CT molecular complexity index is 890. The van der Waals surface area contributed by atoms with Crippen LogP contribution in [0.25, 0.3) is 0 Å². The molecule has 1 aromatic carbocycles. The molecular weight excluding hydrogens is 413 g/mol. The van der Waals surface area contributed by atoms with Crippen LogP contribution in [-0.2, 0) is 9.59 Å². The van der Waals surface area contributed by atoms with Crippen molar-refractivity contribution in [1.29, 1.82) is 0 Å². The van der Waals surface area contributed by atoms with Crippen molar-refractivity contribution in [1.82, 2.24) is 5.32 Å². The van der Waals surface area contributed by atoms with Crippen molar-refractivity contribution in [3.8, 4) is 0 Å². The fraction of sp³-hybridized carbons (Fsp3) is 0.455. The Morgan fingerprint density at radius 1 is 1.13 bits per heavy atom. The lowest BCUT2D eigenvalue weighted by Gasteiger charge is -2.34. The number of halogens is 3. The zero-order valence-electron chi connectivity index (χ0n) is 17.0. The number of carbonyl (C=O) groups excluding carboxylic acids is 2. The highest BCUT2D eigenvalue weighted by Crippen LogP contribution is 2.36. The largest absolute Gasteiger partial charge is 0.471 e. The molecule has 1 saturated carbocycles. The van der Waals surface area contributed by atoms with Gasteiger partial charge in [-0.2, -0.15) is 13.2 Å². The Kier molecular flexibility index (Phi) is 6.85. The first-order valence-corrected chi connectivity index (χ1v) is 10.9. The third kappa shape index (κ3) is 5.03. The molecule has 1 N–H and O–H groups in total. The minimum atomic E-state index is -5.11. The van der Waals surface area contributed by atoms with Gasteiger partial charge in [0.05, 0.1) is 0 Å². The van der Waals surface area contributed by atoms with E-state index in [-0.39, 0.29) is 11.7 Å². The summed E-state index contributed by atoms with van der Waals surface area (Å²) in [4.78, 5) is 26.9. The number of rotatable bonds is 5. The molecule has 30 heavy (non-hydrogen) atoms. The fourth-order valence-corrected chi connectivity index (χ4v) is 4.64. The first-order chi connectivity index (χ1) is 14.2. The van der Waals surface area contributed by atoms with E-state index in [1.54, 1.807) is 43.5 Å². The second-order valence-corrected chi connectivity index (χ2v) is 8.70. The van der Waals surface area contributed by atoms with Gasteiger partial charge in [-0.3, -0.25) is 14.5 Å². The number of nitrogens with zero attached hydrogens (tertiary/aromatic N) is 1. The van der Waals surface area contributed by atoms with Crippen LogP contribution in [0.5, 0.6) is 0 Å². The summed E-state index contributed by atoms with van der Waals surface area (Å²) in [6, 6.07) is 6.73. The molecule has 0 spiro atoms. The average Bonchev–Trinajstić information content (AvgIpc) is 3.21. The van der Waals surface area contributed by atoms with Crippen molar-refractivity contribution in [2.24, 2.45) is 0 Å². The van der Waals surface area contributed by atoms with E-state index in [2.05, 4.69) is 5.32 Å². The third-order valence-corrected chi connectivity index (χ3v) is 6.28. The van der Waals surface area contributed by atoms with E-state index in [0.717, 1.165) is 43.4 Å². The topological polar surface area (TPSA) is 49.4 Å². The maximum atomic E-state index is 13.6. The summed E-state index contributed by atoms with van der Waals surface area (Å²) in [6.07, 6.45) is -0.508. The predicted molar refractivity (Wildman–Crippen MR) is 112 cm³/mol. The molecule has 1 fully saturated rings. The molecule has 2 aromatic rings. The first kappa shape index (κ1) is 22.3. The summed E-state index contributed by atoms with van der Waals surface area (Å²) >= 11 is 1.16. The van der Waals surface area contributed by atoms with Gasteiger partial charge in [0, 0.05) is 16.6 Å². The van der Waals surface area contributed by atoms with Crippen LogP contribution in [-0.4, -0.2) is 24.0 Å². The minimum absolute atomic E-state index is 0.0878. The van der Waals surface area contributed by atoms with Gasteiger partial charge in [-0.1, -0.05) is 37.5 Å². The van der Waals surface area contributed by atoms with Crippen molar-refractivity contribution in [3.05, 3.63) is 51.7 Å². The number of carbonyl (C=O) groups is 2. The lowest BCUT2D eigenvalue weighted by molar-refractivity contribution is -0.171. The summed E-state index contributed by atoms with van der Waals surface area (Å²) in [5, 5.41) is 4.59. The van der Waals surface area contributed by atoms with Crippen LogP contribution in [0.2, 0.25) is 0 Å². The van der Waals surface area contributed by atoms with Crippen LogP contribution in [0, 0.1) is 13.8 Å². The van der Waals surface area contributed by atoms with Crippen molar-refractivity contribution in [3.63, 3.8) is 0 Å². The van der Waals surface area contributed by atoms with E-state index >= 15 is 0 Å². The van der Waals surface area contributed by atoms with Gasteiger partial charge in [0.15, 0.2) is 6.04 Å². The van der Waals surface area contributed by atoms with Crippen molar-refractivity contribution in [2.45, 2.75) is 64.2 Å². The maximum Gasteiger partial charge on any atom is 0.471 e. The number of hydrogen-bond acceptors (Lipinski definition) is 3. The van der Waals surface area contributed by atoms with Crippen molar-refractivity contribution in [2.75, 3.05) is 4.90 Å². The molecule has 1 aliphatic rings. The molecule has 3 rings (SSSR count). The molecule has 0 saturated heterocycles. The predicted octanol–water partition coefficient (Wildman–Crippen LogP) is 5.45. The van der Waals surface area contributed by atoms with Gasteiger partial charge in [-0.15, -0.1) is 11.3 Å². The van der Waals surface area contributed by atoms with Gasteiger partial charge in [0.25, 0.3) is 0 Å². The molecule has 1 heterocycles. The standard InChI is InChI=1S/C22H25F3N2O2S/c1-14-10-11-15(2)17(13-14)27(21(29)22(23,24)25)19(18-9-6-12-30-18)20(28)26-16-7-4-3-5-8-16/h6,9-13,16,19H,3-5,7-8H2,1-2H3,(H,26,28)/t19-/m1/s1. The molecular formula is C22H25F3N2O2S. The van der Waals surface area contributed by atoms with Crippen molar-refractivity contribution < 1.29 is 22.8 Å². The van der Waals surface area contributed by atoms with Gasteiger partial charge in [0.1, 0.15) is 0 Å². The molecule has 0 unspecified atom stereocenters. The number of amides is 2. The van der Waals surface area contributed by atoms with Crippen LogP contribution < -0.4 is 10.2 Å². The average molecular weight is 439 g/mol. The molecule has 0 aliphatic heterocycles. The lowest BCUT2D eigenvalue weighted by Crippen LogP contribution is -2.50. The van der Waals surface area contributed by atoms with Crippen LogP contribution in [0.3, 0.4) is 0 Å². The number of thiophene rings is 1. The summed E-state index contributed by atoms with van der Waals surface area (Å²) in [6.45, 7) is 3.37. The van der Waals surface area contributed by atoms with Gasteiger partial charge in [-0.05, 0) is 55.3 Å². The molecule has 0 radical (unpaired) electrons. The third-order valence-electron chi connectivity index (χ3n) is 5.36. The number of nitrogens with one attached hydrogen (secondary N) is 1. The van der Waals surface area contributed by atoms with E-state index in [0.29, 0.717) is 20.9 Å². The van der Waals surface area contributed by atoms with E-state index in [9.17, 15) is 22.8 Å². The Morgan fingerprint density at radius 3 is 2.43 bits per heavy atom. The number of anilines is 1. The lowest BCUT2D eigenvalue weighted by atomic mass is 9.95. The van der Waals surface area contributed by atoms with Gasteiger partial charge < -0.3 is 5.32 Å². The Balaban J connectivity index is 2.08. The highest BCUT2D eigenvalue weighted by atomic mass is 32.1. The van der Waals surface area contributed by atoms with Crippen LogP contribution in [0.4, 0.5) is 18.9 Å². The molecule has 4 nitrogen and oxygen atoms in total. The monoisotopic (exact) mass is 438 g/mol. The van der Waals surface area contributed by atoms with Crippen LogP contribution >= 0.6 is 11.3 Å². The normalized spacial score (nSPS) is 16.2. The molecule has 1 atom stereocenters. The summed E-state index contributed by atoms with van der Waals surface area (Å²) < 4.78 is 40.9. The second-order valence-electron chi connectivity index (χ2n) is 7.72. The minimum Gasteiger partial charge on any atom is -0.351 e. The fourth-order valence-electron chi connectivity index (χ4n) is 3.83. The molecule has 0 bridgehead atoms. The maximum absolute atomic E-state index is 13.6. The van der Waals surface area contributed by atoms with E-state index in [1.165, 1.54) is 6.07 Å². The van der Waals surface area contributed by atoms with E-state index in [4.69, 9.17) is 0 Å². The summed E-state index contributed by atoms with van der Waals surface area (Å²) in [5.74, 6) is -2.63. The van der Waals surface area contributed by atoms with E-state index < -0.39 is 24.0 Å². The smallest absolute Gasteiger partial charge is 0.351 e. The van der Waals surface area contributed by atoms with Gasteiger partial charge in [-0.25, -0.2) is 0 Å². The molecule has 2 amide bonds. The number of benzene rings is 1. The number of hydrogen-bond donors (Lipinski definition) is 1. The highest BCUT2D eigenvalue weighted by Gasteiger charge is 2.48. The highest BCUT2D eigenvalue weighted by molar-refractivity contribution is 7.10. The van der Waals surface area contributed by atoms with Crippen LogP contribution in [0.1, 0.15) is 54.1 Å². The first-order valence-electron chi connectivity index (χ1n) is 10.00. The van der Waals surface area contributed by atoms with Gasteiger partial charge in [0.2, 0.25) is 5.91 Å². The Labute approximate surface area is 178 Å². The van der Waals surface area contributed by atoms with Crippen LogP contribution in [0.15, 0.2) is 35.7 Å². The molecule has 1 aromatic heterocycles. The molecule has 1 aliphatic carbocycles. The zero-order valence-corrected chi connectivity index (χ0v) is 17.8. The number of alkyl halides is 3. The SMILES string of the molecule is Cc1ccc(C)c(N(C(=O)C(F)(F)F)[C@@H](C(=O)NC2CCCCC2)c2cccs2)c1. The Morgan fingerprint density at radius 2 is 1.83 bits per heavy atom. The molecule has 162 valence electrons. The second kappa shape index (κ2) is 9.20. The zero-order chi connectivity index (χ0) is 21.9. The van der Waals surface area contributed by atoms with Crippen molar-refractivity contribution >= 4 is 28.8 Å².